The van der Waals surface area contributed by atoms with E-state index in [-0.39, 0.29) is 17.1 Å². The normalized spacial score (nSPS) is 34.8. The number of esters is 3. The molecule has 0 aromatic heterocycles. The summed E-state index contributed by atoms with van der Waals surface area (Å²) in [7, 11) is 0. The number of hydrogen-bond acceptors (Lipinski definition) is 8. The van der Waals surface area contributed by atoms with Gasteiger partial charge >= 0.3 is 17.9 Å². The topological polar surface area (TPSA) is 116 Å². The Morgan fingerprint density at radius 3 is 2.53 bits per heavy atom. The first-order chi connectivity index (χ1) is 13.9. The Labute approximate surface area is 175 Å². The summed E-state index contributed by atoms with van der Waals surface area (Å²) in [6, 6.07) is 0. The van der Waals surface area contributed by atoms with Crippen molar-refractivity contribution in [3.8, 4) is 0 Å². The highest BCUT2D eigenvalue weighted by Crippen LogP contribution is 2.39. The van der Waals surface area contributed by atoms with Gasteiger partial charge in [-0.25, -0.2) is 9.59 Å². The lowest BCUT2D eigenvalue weighted by atomic mass is 9.77. The predicted octanol–water partition coefficient (Wildman–Crippen LogP) is 1.81. The zero-order chi connectivity index (χ0) is 22.8. The average molecular weight is 420 g/mol. The van der Waals surface area contributed by atoms with Crippen LogP contribution in [0.2, 0.25) is 0 Å². The molecule has 1 aliphatic heterocycles. The lowest BCUT2D eigenvalue weighted by Crippen LogP contribution is -2.59. The van der Waals surface area contributed by atoms with Gasteiger partial charge in [-0.3, -0.25) is 9.59 Å². The summed E-state index contributed by atoms with van der Waals surface area (Å²) in [6.07, 6.45) is 0.737. The fourth-order valence-electron chi connectivity index (χ4n) is 3.70. The van der Waals surface area contributed by atoms with Crippen molar-refractivity contribution in [2.75, 3.05) is 0 Å². The van der Waals surface area contributed by atoms with Crippen molar-refractivity contribution in [1.29, 1.82) is 0 Å². The molecule has 6 atom stereocenters. The van der Waals surface area contributed by atoms with Gasteiger partial charge in [0.05, 0.1) is 5.92 Å². The number of aliphatic hydroxyl groups is 1. The molecule has 0 saturated carbocycles. The van der Waals surface area contributed by atoms with Crippen LogP contribution in [0.15, 0.2) is 36.0 Å². The number of hydrogen-bond donors (Lipinski definition) is 1. The van der Waals surface area contributed by atoms with Crippen molar-refractivity contribution in [2.24, 2.45) is 11.8 Å². The van der Waals surface area contributed by atoms with Crippen LogP contribution < -0.4 is 0 Å². The molecule has 0 radical (unpaired) electrons. The second-order valence-corrected chi connectivity index (χ2v) is 7.92. The Bertz CT molecular complexity index is 823. The number of ketones is 1. The molecule has 0 amide bonds. The molecule has 0 bridgehead atoms. The van der Waals surface area contributed by atoms with E-state index in [9.17, 15) is 24.3 Å². The molecule has 0 aromatic carbocycles. The third kappa shape index (κ3) is 4.53. The molecule has 1 saturated heterocycles. The van der Waals surface area contributed by atoms with Crippen molar-refractivity contribution in [1.82, 2.24) is 0 Å². The lowest BCUT2D eigenvalue weighted by molar-refractivity contribution is -0.198. The number of allylic oxidation sites excluding steroid dienone is 2. The van der Waals surface area contributed by atoms with Gasteiger partial charge in [0, 0.05) is 18.1 Å². The molecule has 6 unspecified atom stereocenters. The molecule has 30 heavy (non-hydrogen) atoms. The van der Waals surface area contributed by atoms with E-state index in [1.165, 1.54) is 26.0 Å². The highest BCUT2D eigenvalue weighted by molar-refractivity contribution is 5.99. The highest BCUT2D eigenvalue weighted by atomic mass is 16.6. The fourth-order valence-corrected chi connectivity index (χ4v) is 3.70. The summed E-state index contributed by atoms with van der Waals surface area (Å²) in [5, 5.41) is 11.2. The third-order valence-electron chi connectivity index (χ3n) is 5.56. The molecule has 0 aromatic rings. The minimum Gasteiger partial charge on any atom is -0.458 e. The Balaban J connectivity index is 2.65. The van der Waals surface area contributed by atoms with E-state index < -0.39 is 53.5 Å². The zero-order valence-electron chi connectivity index (χ0n) is 17.8. The molecule has 164 valence electrons. The van der Waals surface area contributed by atoms with Crippen LogP contribution in [-0.4, -0.2) is 52.7 Å². The monoisotopic (exact) mass is 420 g/mol. The van der Waals surface area contributed by atoms with Crippen molar-refractivity contribution in [2.45, 2.75) is 65.0 Å². The van der Waals surface area contributed by atoms with Crippen LogP contribution in [0.3, 0.4) is 0 Å². The first-order valence-electron chi connectivity index (χ1n) is 9.76. The van der Waals surface area contributed by atoms with E-state index in [1.807, 2.05) is 6.92 Å². The number of rotatable bonds is 3. The SMILES string of the molecule is C=C1C(=O)OC2CC(C)C=CC(=O)C(C)(OC(C)=O)C(OC(=O)C(C)=CC)C(O)C12. The van der Waals surface area contributed by atoms with Crippen molar-refractivity contribution >= 4 is 23.7 Å². The van der Waals surface area contributed by atoms with Gasteiger partial charge < -0.3 is 19.3 Å². The van der Waals surface area contributed by atoms with Gasteiger partial charge in [-0.05, 0) is 39.2 Å². The van der Waals surface area contributed by atoms with Crippen molar-refractivity contribution < 1.29 is 38.5 Å². The standard InChI is InChI=1S/C22H28O8/c1-7-12(3)20(26)29-19-18(25)17-13(4)21(27)28-15(17)10-11(2)8-9-16(24)22(19,6)30-14(5)23/h7-9,11,15,17-19,25H,4,10H2,1-3,5-6H3. The summed E-state index contributed by atoms with van der Waals surface area (Å²) in [6.45, 7) is 11.0. The first-order valence-corrected chi connectivity index (χ1v) is 9.76. The van der Waals surface area contributed by atoms with Crippen LogP contribution >= 0.6 is 0 Å². The molecule has 2 aliphatic rings. The minimum absolute atomic E-state index is 0.00526. The molecule has 2 rings (SSSR count). The highest BCUT2D eigenvalue weighted by Gasteiger charge is 2.56. The second-order valence-electron chi connectivity index (χ2n) is 7.92. The van der Waals surface area contributed by atoms with Gasteiger partial charge in [0.25, 0.3) is 0 Å². The van der Waals surface area contributed by atoms with Gasteiger partial charge in [0.1, 0.15) is 12.2 Å². The van der Waals surface area contributed by atoms with Crippen LogP contribution in [0.4, 0.5) is 0 Å². The zero-order valence-corrected chi connectivity index (χ0v) is 17.8. The molecule has 8 nitrogen and oxygen atoms in total. The number of aliphatic hydroxyl groups excluding tert-OH is 1. The Hall–Kier alpha value is -2.74. The van der Waals surface area contributed by atoms with Gasteiger partial charge in [-0.15, -0.1) is 0 Å². The number of ether oxygens (including phenoxy) is 3. The maximum atomic E-state index is 13.0. The number of fused-ring (bicyclic) bond motifs is 1. The van der Waals surface area contributed by atoms with Crippen molar-refractivity contribution in [3.05, 3.63) is 36.0 Å². The van der Waals surface area contributed by atoms with Gasteiger partial charge in [0.15, 0.2) is 6.10 Å². The molecular formula is C22H28O8. The lowest BCUT2D eigenvalue weighted by Gasteiger charge is -2.40. The summed E-state index contributed by atoms with van der Waals surface area (Å²) >= 11 is 0. The van der Waals surface area contributed by atoms with Crippen LogP contribution in [0.25, 0.3) is 0 Å². The van der Waals surface area contributed by atoms with Gasteiger partial charge in [0.2, 0.25) is 11.4 Å². The van der Waals surface area contributed by atoms with Crippen LogP contribution in [0, 0.1) is 11.8 Å². The van der Waals surface area contributed by atoms with Crippen molar-refractivity contribution in [3.63, 3.8) is 0 Å². The van der Waals surface area contributed by atoms with E-state index >= 15 is 0 Å². The Kier molecular flexibility index (Phi) is 7.02. The smallest absolute Gasteiger partial charge is 0.334 e. The summed E-state index contributed by atoms with van der Waals surface area (Å²) in [5.74, 6) is -4.05. The second kappa shape index (κ2) is 8.95. The molecule has 8 heteroatoms. The Morgan fingerprint density at radius 1 is 1.33 bits per heavy atom. The van der Waals surface area contributed by atoms with Crippen LogP contribution in [0.5, 0.6) is 0 Å². The quantitative estimate of drug-likeness (QED) is 0.417. The predicted molar refractivity (Wildman–Crippen MR) is 106 cm³/mol. The minimum atomic E-state index is -2.03. The average Bonchev–Trinajstić information content (AvgIpc) is 2.94. The summed E-state index contributed by atoms with van der Waals surface area (Å²) in [5.41, 5.74) is -1.79. The first kappa shape index (κ1) is 23.5. The molecule has 1 aliphatic carbocycles. The third-order valence-corrected chi connectivity index (χ3v) is 5.56. The van der Waals surface area contributed by atoms with E-state index in [2.05, 4.69) is 6.58 Å². The molecule has 0 spiro atoms. The van der Waals surface area contributed by atoms with E-state index in [0.29, 0.717) is 6.42 Å². The van der Waals surface area contributed by atoms with Crippen LogP contribution in [0.1, 0.15) is 41.0 Å². The fraction of sp³-hybridized carbons (Fsp3) is 0.545. The molecule has 1 N–H and O–H groups in total. The van der Waals surface area contributed by atoms with Crippen LogP contribution in [-0.2, 0) is 33.4 Å². The molecular weight excluding hydrogens is 392 g/mol. The largest absolute Gasteiger partial charge is 0.458 e. The van der Waals surface area contributed by atoms with E-state index in [1.54, 1.807) is 13.0 Å². The summed E-state index contributed by atoms with van der Waals surface area (Å²) in [4.78, 5) is 49.5. The van der Waals surface area contributed by atoms with Gasteiger partial charge in [-0.2, -0.15) is 0 Å². The maximum absolute atomic E-state index is 13.0. The number of carbonyl (C=O) groups excluding carboxylic acids is 4. The maximum Gasteiger partial charge on any atom is 0.334 e. The molecule has 1 fully saturated rings. The number of carbonyl (C=O) groups is 4. The molecule has 1 heterocycles. The Morgan fingerprint density at radius 2 is 1.97 bits per heavy atom. The summed E-state index contributed by atoms with van der Waals surface area (Å²) < 4.78 is 16.2. The van der Waals surface area contributed by atoms with Gasteiger partial charge in [-0.1, -0.05) is 25.7 Å². The van der Waals surface area contributed by atoms with E-state index in [4.69, 9.17) is 14.2 Å². The van der Waals surface area contributed by atoms with E-state index in [0.717, 1.165) is 6.92 Å².